The van der Waals surface area contributed by atoms with Gasteiger partial charge in [-0.1, -0.05) is 50.1 Å². The zero-order valence-corrected chi connectivity index (χ0v) is 13.9. The minimum absolute atomic E-state index is 0.109. The second-order valence-corrected chi connectivity index (χ2v) is 6.95. The molecule has 0 radical (unpaired) electrons. The van der Waals surface area contributed by atoms with Crippen LogP contribution in [0.5, 0.6) is 0 Å². The molecule has 1 aliphatic carbocycles. The molecule has 2 aliphatic rings. The molecule has 0 amide bonds. The summed E-state index contributed by atoms with van der Waals surface area (Å²) in [5.74, 6) is 0.657. The molecule has 3 heteroatoms. The Bertz CT molecular complexity index is 566. The van der Waals surface area contributed by atoms with Crippen molar-refractivity contribution in [1.82, 2.24) is 0 Å². The molecule has 1 aromatic carbocycles. The summed E-state index contributed by atoms with van der Waals surface area (Å²) >= 11 is 0. The summed E-state index contributed by atoms with van der Waals surface area (Å²) in [7, 11) is 0. The molecule has 0 spiro atoms. The van der Waals surface area contributed by atoms with E-state index in [0.717, 1.165) is 32.1 Å². The van der Waals surface area contributed by atoms with Gasteiger partial charge in [-0.2, -0.15) is 0 Å². The highest BCUT2D eigenvalue weighted by Crippen LogP contribution is 2.68. The zero-order chi connectivity index (χ0) is 16.3. The van der Waals surface area contributed by atoms with Crippen molar-refractivity contribution in [2.24, 2.45) is 11.3 Å². The maximum Gasteiger partial charge on any atom is 0.305 e. The Morgan fingerprint density at radius 2 is 1.87 bits per heavy atom. The van der Waals surface area contributed by atoms with E-state index in [9.17, 15) is 9.59 Å². The number of rotatable bonds is 4. The average molecular weight is 314 g/mol. The molecule has 0 aromatic heterocycles. The molecule has 0 N–H and O–H groups in total. The van der Waals surface area contributed by atoms with Gasteiger partial charge in [0.1, 0.15) is 5.78 Å². The third-order valence-corrected chi connectivity index (χ3v) is 5.59. The quantitative estimate of drug-likeness (QED) is 0.780. The van der Waals surface area contributed by atoms with Gasteiger partial charge in [0.15, 0.2) is 0 Å². The summed E-state index contributed by atoms with van der Waals surface area (Å²) in [6.07, 6.45) is 5.67. The lowest BCUT2D eigenvalue weighted by Gasteiger charge is -2.18. The number of hydrogen-bond acceptors (Lipinski definition) is 3. The van der Waals surface area contributed by atoms with E-state index in [1.54, 1.807) is 0 Å². The summed E-state index contributed by atoms with van der Waals surface area (Å²) in [5, 5.41) is 0. The van der Waals surface area contributed by atoms with Crippen LogP contribution in [0.2, 0.25) is 0 Å². The molecular formula is C20H26O3. The highest BCUT2D eigenvalue weighted by atomic mass is 16.5. The highest BCUT2D eigenvalue weighted by Gasteiger charge is 2.68. The summed E-state index contributed by atoms with van der Waals surface area (Å²) in [6.45, 7) is 2.56. The van der Waals surface area contributed by atoms with Crippen molar-refractivity contribution < 1.29 is 14.3 Å². The van der Waals surface area contributed by atoms with Crippen LogP contribution in [0.3, 0.4) is 0 Å². The second-order valence-electron chi connectivity index (χ2n) is 6.95. The number of ketones is 1. The highest BCUT2D eigenvalue weighted by molar-refractivity contribution is 5.90. The second kappa shape index (κ2) is 6.86. The molecule has 1 aromatic rings. The van der Waals surface area contributed by atoms with Crippen molar-refractivity contribution in [1.29, 1.82) is 0 Å². The van der Waals surface area contributed by atoms with Gasteiger partial charge in [-0.25, -0.2) is 0 Å². The Morgan fingerprint density at radius 1 is 1.13 bits per heavy atom. The fraction of sp³-hybridized carbons (Fsp3) is 0.600. The van der Waals surface area contributed by atoms with Gasteiger partial charge in [-0.05, 0) is 24.8 Å². The fourth-order valence-corrected chi connectivity index (χ4v) is 4.33. The average Bonchev–Trinajstić information content (AvgIpc) is 3.24. The fourth-order valence-electron chi connectivity index (χ4n) is 4.33. The van der Waals surface area contributed by atoms with Crippen molar-refractivity contribution in [3.05, 3.63) is 35.9 Å². The molecule has 1 heterocycles. The smallest absolute Gasteiger partial charge is 0.305 e. The van der Waals surface area contributed by atoms with Gasteiger partial charge in [0.2, 0.25) is 0 Å². The molecule has 1 saturated heterocycles. The number of benzene rings is 1. The number of Topliss-reactive ketones (excluding diaryl/α,β-unsaturated/α-hetero) is 1. The molecule has 2 fully saturated rings. The first-order chi connectivity index (χ1) is 11.2. The Kier molecular flexibility index (Phi) is 4.84. The number of cyclic esters (lactones) is 1. The van der Waals surface area contributed by atoms with E-state index < -0.39 is 0 Å². The van der Waals surface area contributed by atoms with Crippen LogP contribution in [0.1, 0.15) is 63.4 Å². The van der Waals surface area contributed by atoms with E-state index in [1.807, 2.05) is 18.2 Å². The molecule has 1 aliphatic heterocycles. The van der Waals surface area contributed by atoms with Gasteiger partial charge in [-0.3, -0.25) is 9.59 Å². The Labute approximate surface area is 138 Å². The number of carbonyl (C=O) groups is 2. The maximum atomic E-state index is 13.0. The summed E-state index contributed by atoms with van der Waals surface area (Å²) in [6, 6.07) is 10.3. The van der Waals surface area contributed by atoms with Crippen LogP contribution >= 0.6 is 0 Å². The van der Waals surface area contributed by atoms with Crippen LogP contribution < -0.4 is 0 Å². The monoisotopic (exact) mass is 314 g/mol. The largest absolute Gasteiger partial charge is 0.465 e. The number of ether oxygens (including phenoxy) is 1. The zero-order valence-electron chi connectivity index (χ0n) is 13.9. The van der Waals surface area contributed by atoms with E-state index >= 15 is 0 Å². The SMILES string of the molecule is CCCC[C@]12C(=O)CCCCC(=O)OC[C@H]1[C@@H]2c1ccccc1. The third-order valence-electron chi connectivity index (χ3n) is 5.59. The predicted molar refractivity (Wildman–Crippen MR) is 89.1 cm³/mol. The molecule has 0 bridgehead atoms. The molecule has 3 nitrogen and oxygen atoms in total. The molecule has 0 unspecified atom stereocenters. The van der Waals surface area contributed by atoms with Gasteiger partial charge < -0.3 is 4.74 Å². The van der Waals surface area contributed by atoms with Gasteiger partial charge in [0, 0.05) is 30.1 Å². The molecular weight excluding hydrogens is 288 g/mol. The molecule has 23 heavy (non-hydrogen) atoms. The van der Waals surface area contributed by atoms with E-state index in [0.29, 0.717) is 25.2 Å². The lowest BCUT2D eigenvalue weighted by Crippen LogP contribution is -2.23. The van der Waals surface area contributed by atoms with Crippen LogP contribution in [0, 0.1) is 11.3 Å². The minimum Gasteiger partial charge on any atom is -0.465 e. The lowest BCUT2D eigenvalue weighted by atomic mass is 9.85. The van der Waals surface area contributed by atoms with E-state index in [1.165, 1.54) is 5.56 Å². The standard InChI is InChI=1S/C20H26O3/c1-2-3-13-20-16(19(20)15-9-5-4-6-10-15)14-23-18(22)12-8-7-11-17(20)21/h4-6,9-10,16,19H,2-3,7-8,11-14H2,1H3/t16-,19-,20+/m0/s1. The van der Waals surface area contributed by atoms with E-state index in [-0.39, 0.29) is 23.2 Å². The Balaban J connectivity index is 1.90. The topological polar surface area (TPSA) is 43.4 Å². The first-order valence-electron chi connectivity index (χ1n) is 8.94. The maximum absolute atomic E-state index is 13.0. The first kappa shape index (κ1) is 16.2. The van der Waals surface area contributed by atoms with Gasteiger partial charge in [-0.15, -0.1) is 0 Å². The molecule has 3 atom stereocenters. The summed E-state index contributed by atoms with van der Waals surface area (Å²) < 4.78 is 5.49. The van der Waals surface area contributed by atoms with Crippen molar-refractivity contribution in [2.75, 3.05) is 6.61 Å². The van der Waals surface area contributed by atoms with Crippen LogP contribution in [0.25, 0.3) is 0 Å². The lowest BCUT2D eigenvalue weighted by molar-refractivity contribution is -0.145. The molecule has 3 rings (SSSR count). The van der Waals surface area contributed by atoms with Crippen molar-refractivity contribution in [3.8, 4) is 0 Å². The molecule has 124 valence electrons. The summed E-state index contributed by atoms with van der Waals surface area (Å²) in [5.41, 5.74) is 0.923. The number of unbranched alkanes of at least 4 members (excludes halogenated alkanes) is 1. The van der Waals surface area contributed by atoms with E-state index in [2.05, 4.69) is 19.1 Å². The first-order valence-corrected chi connectivity index (χ1v) is 8.94. The van der Waals surface area contributed by atoms with Crippen LogP contribution in [-0.2, 0) is 14.3 Å². The minimum atomic E-state index is -0.297. The van der Waals surface area contributed by atoms with Gasteiger partial charge >= 0.3 is 5.97 Å². The molecule has 1 saturated carbocycles. The van der Waals surface area contributed by atoms with Crippen LogP contribution in [0.15, 0.2) is 30.3 Å². The van der Waals surface area contributed by atoms with Crippen molar-refractivity contribution >= 4 is 11.8 Å². The predicted octanol–water partition coefficient (Wildman–Crippen LogP) is 4.26. The number of esters is 1. The Hall–Kier alpha value is -1.64. The number of hydrogen-bond donors (Lipinski definition) is 0. The van der Waals surface area contributed by atoms with Crippen LogP contribution in [-0.4, -0.2) is 18.4 Å². The number of fused-ring (bicyclic) bond motifs is 1. The Morgan fingerprint density at radius 3 is 2.61 bits per heavy atom. The van der Waals surface area contributed by atoms with Crippen molar-refractivity contribution in [2.45, 2.75) is 57.8 Å². The van der Waals surface area contributed by atoms with E-state index in [4.69, 9.17) is 4.74 Å². The van der Waals surface area contributed by atoms with Crippen molar-refractivity contribution in [3.63, 3.8) is 0 Å². The normalized spacial score (nSPS) is 31.2. The van der Waals surface area contributed by atoms with Gasteiger partial charge in [0.05, 0.1) is 6.61 Å². The van der Waals surface area contributed by atoms with Crippen LogP contribution in [0.4, 0.5) is 0 Å². The third kappa shape index (κ3) is 3.06. The number of carbonyl (C=O) groups excluding carboxylic acids is 2. The summed E-state index contributed by atoms with van der Waals surface area (Å²) in [4.78, 5) is 24.8. The van der Waals surface area contributed by atoms with Gasteiger partial charge in [0.25, 0.3) is 0 Å².